The number of likely N-dealkylation sites (N-methyl/N-ethyl adjacent to an activating group) is 1. The zero-order valence-corrected chi connectivity index (χ0v) is 10.8. The molecule has 5 heteroatoms. The van der Waals surface area contributed by atoms with Crippen LogP contribution in [0.1, 0.15) is 23.0 Å². The van der Waals surface area contributed by atoms with Gasteiger partial charge in [-0.3, -0.25) is 9.36 Å². The van der Waals surface area contributed by atoms with Crippen LogP contribution in [0.4, 0.5) is 0 Å². The maximum Gasteiger partial charge on any atom is 0.0643 e. The Labute approximate surface area is 101 Å². The first kappa shape index (κ1) is 11.9. The van der Waals surface area contributed by atoms with Crippen LogP contribution in [0.3, 0.4) is 0 Å². The molecular formula is C12H19N5. The van der Waals surface area contributed by atoms with Gasteiger partial charge < -0.3 is 5.32 Å². The highest BCUT2D eigenvalue weighted by molar-refractivity contribution is 5.22. The molecule has 2 aromatic heterocycles. The second-order valence-corrected chi connectivity index (χ2v) is 4.37. The standard InChI is InChI=1S/C12H19N5/c1-9-11(8-17(4)14-9)12(13-2)7-10-5-6-16(3)15-10/h5-6,8,12-13H,7H2,1-4H3. The number of hydrogen-bond donors (Lipinski definition) is 1. The van der Waals surface area contributed by atoms with Crippen molar-refractivity contribution < 1.29 is 0 Å². The van der Waals surface area contributed by atoms with Gasteiger partial charge in [0.15, 0.2) is 0 Å². The van der Waals surface area contributed by atoms with Crippen molar-refractivity contribution in [2.24, 2.45) is 14.1 Å². The van der Waals surface area contributed by atoms with E-state index in [0.29, 0.717) is 0 Å². The van der Waals surface area contributed by atoms with Crippen molar-refractivity contribution in [2.45, 2.75) is 19.4 Å². The molecule has 2 heterocycles. The molecule has 0 saturated heterocycles. The van der Waals surface area contributed by atoms with Crippen molar-refractivity contribution in [1.29, 1.82) is 0 Å². The third kappa shape index (κ3) is 2.55. The minimum absolute atomic E-state index is 0.263. The smallest absolute Gasteiger partial charge is 0.0643 e. The third-order valence-electron chi connectivity index (χ3n) is 2.96. The second-order valence-electron chi connectivity index (χ2n) is 4.37. The molecule has 92 valence electrons. The van der Waals surface area contributed by atoms with Crippen LogP contribution in [-0.4, -0.2) is 26.6 Å². The lowest BCUT2D eigenvalue weighted by Gasteiger charge is -2.13. The molecule has 0 aliphatic carbocycles. The predicted octanol–water partition coefficient (Wildman–Crippen LogP) is 0.965. The van der Waals surface area contributed by atoms with E-state index in [-0.39, 0.29) is 6.04 Å². The lowest BCUT2D eigenvalue weighted by atomic mass is 10.0. The number of nitrogens with one attached hydrogen (secondary N) is 1. The van der Waals surface area contributed by atoms with Crippen LogP contribution in [-0.2, 0) is 20.5 Å². The fourth-order valence-electron chi connectivity index (χ4n) is 2.11. The maximum atomic E-state index is 4.41. The minimum atomic E-state index is 0.263. The molecule has 1 unspecified atom stereocenters. The van der Waals surface area contributed by atoms with E-state index in [1.165, 1.54) is 5.56 Å². The Kier molecular flexibility index (Phi) is 3.28. The molecule has 0 fully saturated rings. The van der Waals surface area contributed by atoms with Crippen LogP contribution in [0.2, 0.25) is 0 Å². The van der Waals surface area contributed by atoms with E-state index in [2.05, 4.69) is 27.8 Å². The molecule has 0 bridgehead atoms. The summed E-state index contributed by atoms with van der Waals surface area (Å²) in [7, 11) is 5.86. The van der Waals surface area contributed by atoms with Gasteiger partial charge in [-0.2, -0.15) is 10.2 Å². The van der Waals surface area contributed by atoms with Crippen molar-refractivity contribution in [3.8, 4) is 0 Å². The fraction of sp³-hybridized carbons (Fsp3) is 0.500. The molecule has 0 amide bonds. The normalized spacial score (nSPS) is 12.9. The third-order valence-corrected chi connectivity index (χ3v) is 2.96. The van der Waals surface area contributed by atoms with E-state index in [1.807, 2.05) is 43.6 Å². The lowest BCUT2D eigenvalue weighted by Crippen LogP contribution is -2.19. The highest BCUT2D eigenvalue weighted by Crippen LogP contribution is 2.19. The van der Waals surface area contributed by atoms with E-state index in [9.17, 15) is 0 Å². The van der Waals surface area contributed by atoms with Crippen LogP contribution in [0.15, 0.2) is 18.5 Å². The van der Waals surface area contributed by atoms with Crippen molar-refractivity contribution in [3.63, 3.8) is 0 Å². The molecule has 2 rings (SSSR count). The van der Waals surface area contributed by atoms with Crippen LogP contribution >= 0.6 is 0 Å². The molecule has 0 saturated carbocycles. The van der Waals surface area contributed by atoms with Gasteiger partial charge in [0.2, 0.25) is 0 Å². The molecule has 0 aliphatic heterocycles. The van der Waals surface area contributed by atoms with Gasteiger partial charge in [0, 0.05) is 44.5 Å². The zero-order chi connectivity index (χ0) is 12.4. The summed E-state index contributed by atoms with van der Waals surface area (Å²) in [4.78, 5) is 0. The summed E-state index contributed by atoms with van der Waals surface area (Å²) >= 11 is 0. The Hall–Kier alpha value is -1.62. The lowest BCUT2D eigenvalue weighted by molar-refractivity contribution is 0.574. The average Bonchev–Trinajstić information content (AvgIpc) is 2.82. The van der Waals surface area contributed by atoms with E-state index in [0.717, 1.165) is 17.8 Å². The Bertz CT molecular complexity index is 497. The monoisotopic (exact) mass is 233 g/mol. The first-order valence-corrected chi connectivity index (χ1v) is 5.76. The summed E-state index contributed by atoms with van der Waals surface area (Å²) in [6, 6.07) is 2.31. The first-order valence-electron chi connectivity index (χ1n) is 5.76. The molecule has 2 aromatic rings. The van der Waals surface area contributed by atoms with Gasteiger partial charge in [0.1, 0.15) is 0 Å². The summed E-state index contributed by atoms with van der Waals surface area (Å²) in [5, 5.41) is 12.1. The van der Waals surface area contributed by atoms with Crippen LogP contribution in [0.5, 0.6) is 0 Å². The molecule has 1 N–H and O–H groups in total. The summed E-state index contributed by atoms with van der Waals surface area (Å²) in [5.41, 5.74) is 3.40. The Morgan fingerprint density at radius 2 is 2.06 bits per heavy atom. The molecule has 0 aliphatic rings. The Morgan fingerprint density at radius 1 is 1.29 bits per heavy atom. The maximum absolute atomic E-state index is 4.41. The SMILES string of the molecule is CNC(Cc1ccn(C)n1)c1cn(C)nc1C. The van der Waals surface area contributed by atoms with Gasteiger partial charge >= 0.3 is 0 Å². The first-order chi connectivity index (χ1) is 8.10. The molecular weight excluding hydrogens is 214 g/mol. The minimum Gasteiger partial charge on any atom is -0.313 e. The molecule has 0 aromatic carbocycles. The quantitative estimate of drug-likeness (QED) is 0.856. The summed E-state index contributed by atoms with van der Waals surface area (Å²) < 4.78 is 3.69. The van der Waals surface area contributed by atoms with Crippen molar-refractivity contribution in [2.75, 3.05) is 7.05 Å². The van der Waals surface area contributed by atoms with Crippen LogP contribution in [0.25, 0.3) is 0 Å². The van der Waals surface area contributed by atoms with Gasteiger partial charge in [-0.05, 0) is 20.0 Å². The number of nitrogens with zero attached hydrogens (tertiary/aromatic N) is 4. The largest absolute Gasteiger partial charge is 0.313 e. The fourth-order valence-corrected chi connectivity index (χ4v) is 2.11. The van der Waals surface area contributed by atoms with Crippen molar-refractivity contribution >= 4 is 0 Å². The number of rotatable bonds is 4. The summed E-state index contributed by atoms with van der Waals surface area (Å²) in [6.07, 6.45) is 4.92. The molecule has 0 radical (unpaired) electrons. The van der Waals surface area contributed by atoms with E-state index in [4.69, 9.17) is 0 Å². The topological polar surface area (TPSA) is 47.7 Å². The average molecular weight is 233 g/mol. The molecule has 17 heavy (non-hydrogen) atoms. The number of hydrogen-bond acceptors (Lipinski definition) is 3. The second kappa shape index (κ2) is 4.71. The van der Waals surface area contributed by atoms with Crippen LogP contribution < -0.4 is 5.32 Å². The van der Waals surface area contributed by atoms with E-state index < -0.39 is 0 Å². The Balaban J connectivity index is 2.19. The highest BCUT2D eigenvalue weighted by atomic mass is 15.3. The van der Waals surface area contributed by atoms with Gasteiger partial charge in [-0.25, -0.2) is 0 Å². The molecule has 1 atom stereocenters. The van der Waals surface area contributed by atoms with Gasteiger partial charge in [-0.15, -0.1) is 0 Å². The highest BCUT2D eigenvalue weighted by Gasteiger charge is 2.16. The van der Waals surface area contributed by atoms with E-state index >= 15 is 0 Å². The van der Waals surface area contributed by atoms with Crippen molar-refractivity contribution in [3.05, 3.63) is 35.4 Å². The van der Waals surface area contributed by atoms with Gasteiger partial charge in [0.05, 0.1) is 11.4 Å². The van der Waals surface area contributed by atoms with Gasteiger partial charge in [-0.1, -0.05) is 0 Å². The van der Waals surface area contributed by atoms with E-state index in [1.54, 1.807) is 0 Å². The predicted molar refractivity (Wildman–Crippen MR) is 66.7 cm³/mol. The van der Waals surface area contributed by atoms with Crippen LogP contribution in [0, 0.1) is 6.92 Å². The zero-order valence-electron chi connectivity index (χ0n) is 10.8. The Morgan fingerprint density at radius 3 is 2.53 bits per heavy atom. The molecule has 0 spiro atoms. The summed E-state index contributed by atoms with van der Waals surface area (Å²) in [6.45, 7) is 2.04. The number of aryl methyl sites for hydroxylation is 3. The summed E-state index contributed by atoms with van der Waals surface area (Å²) in [5.74, 6) is 0. The molecule has 5 nitrogen and oxygen atoms in total. The van der Waals surface area contributed by atoms with Gasteiger partial charge in [0.25, 0.3) is 0 Å². The van der Waals surface area contributed by atoms with Crippen molar-refractivity contribution in [1.82, 2.24) is 24.9 Å². The number of aromatic nitrogens is 4.